The van der Waals surface area contributed by atoms with Crippen molar-refractivity contribution in [3.8, 4) is 0 Å². The molecule has 1 aromatic carbocycles. The van der Waals surface area contributed by atoms with Crippen molar-refractivity contribution in [2.75, 3.05) is 5.73 Å². The third kappa shape index (κ3) is 3.41. The molecule has 30 heavy (non-hydrogen) atoms. The Morgan fingerprint density at radius 3 is 2.90 bits per heavy atom. The van der Waals surface area contributed by atoms with Gasteiger partial charge in [0.1, 0.15) is 17.8 Å². The number of nitrogens with two attached hydrogens (primary N) is 1. The van der Waals surface area contributed by atoms with Crippen molar-refractivity contribution in [1.82, 2.24) is 19.5 Å². The predicted octanol–water partition coefficient (Wildman–Crippen LogP) is 4.07. The second kappa shape index (κ2) is 7.69. The number of aliphatic hydroxyl groups excluding tert-OH is 1. The fraction of sp³-hybridized carbons (Fsp3) is 0.375. The van der Waals surface area contributed by atoms with Crippen LogP contribution in [0.25, 0.3) is 21.9 Å². The summed E-state index contributed by atoms with van der Waals surface area (Å²) in [6.07, 6.45) is 9.94. The van der Waals surface area contributed by atoms with Crippen molar-refractivity contribution < 1.29 is 5.11 Å². The molecule has 0 amide bonds. The molecule has 0 aliphatic heterocycles. The molecule has 1 aliphatic carbocycles. The molecular formula is C24H27N5O. The number of nitrogens with zero attached hydrogens (tertiary/aromatic N) is 4. The lowest BCUT2D eigenvalue weighted by Gasteiger charge is -2.17. The molecule has 3 heterocycles. The van der Waals surface area contributed by atoms with Crippen LogP contribution in [-0.2, 0) is 12.8 Å². The standard InChI is InChI=1S/C24H27N5O/c1-2-16-11-18-5-6-23(25)28-20(18)12-17(16)4-3-15-9-21(22(30)10-15)29-8-7-19-13-26-14-27-24(19)29/h5-8,11-15,21-22,30H,2-4,9-10H2,1H3,(H2,25,28). The summed E-state index contributed by atoms with van der Waals surface area (Å²) >= 11 is 0. The van der Waals surface area contributed by atoms with Gasteiger partial charge in [-0.2, -0.15) is 0 Å². The lowest BCUT2D eigenvalue weighted by Crippen LogP contribution is -2.17. The van der Waals surface area contributed by atoms with Gasteiger partial charge in [-0.3, -0.25) is 0 Å². The Kier molecular flexibility index (Phi) is 4.87. The van der Waals surface area contributed by atoms with Crippen molar-refractivity contribution in [2.24, 2.45) is 5.92 Å². The van der Waals surface area contributed by atoms with Gasteiger partial charge in [0.15, 0.2) is 0 Å². The van der Waals surface area contributed by atoms with Crippen molar-refractivity contribution in [2.45, 2.75) is 51.2 Å². The molecule has 5 rings (SSSR count). The van der Waals surface area contributed by atoms with E-state index >= 15 is 0 Å². The SMILES string of the molecule is CCc1cc2ccc(N)nc2cc1CCC1CC(O)C(n2ccc3cncnc32)C1. The molecule has 3 atom stereocenters. The first-order valence-electron chi connectivity index (χ1n) is 10.7. The van der Waals surface area contributed by atoms with E-state index in [-0.39, 0.29) is 12.1 Å². The maximum Gasteiger partial charge on any atom is 0.143 e. The zero-order valence-corrected chi connectivity index (χ0v) is 17.2. The molecule has 1 fully saturated rings. The van der Waals surface area contributed by atoms with E-state index in [2.05, 4.69) is 38.6 Å². The minimum absolute atomic E-state index is 0.0751. The fourth-order valence-corrected chi connectivity index (χ4v) is 4.99. The average Bonchev–Trinajstić information content (AvgIpc) is 3.34. The topological polar surface area (TPSA) is 89.8 Å². The Balaban J connectivity index is 1.33. The van der Waals surface area contributed by atoms with Gasteiger partial charge in [-0.05, 0) is 79.5 Å². The van der Waals surface area contributed by atoms with Gasteiger partial charge in [-0.15, -0.1) is 0 Å². The van der Waals surface area contributed by atoms with Crippen LogP contribution >= 0.6 is 0 Å². The van der Waals surface area contributed by atoms with Crippen molar-refractivity contribution in [3.05, 3.63) is 60.2 Å². The minimum atomic E-state index is -0.343. The van der Waals surface area contributed by atoms with Crippen LogP contribution < -0.4 is 5.73 Å². The van der Waals surface area contributed by atoms with E-state index in [0.717, 1.165) is 54.0 Å². The van der Waals surface area contributed by atoms with Crippen LogP contribution in [0.1, 0.15) is 43.4 Å². The second-order valence-electron chi connectivity index (χ2n) is 8.44. The molecule has 3 N–H and O–H groups in total. The molecule has 0 radical (unpaired) electrons. The molecule has 4 aromatic rings. The number of hydrogen-bond acceptors (Lipinski definition) is 5. The first-order valence-corrected chi connectivity index (χ1v) is 10.7. The van der Waals surface area contributed by atoms with Gasteiger partial charge < -0.3 is 15.4 Å². The number of aryl methyl sites for hydroxylation is 2. The normalized spacial score (nSPS) is 21.6. The summed E-state index contributed by atoms with van der Waals surface area (Å²) in [6, 6.07) is 10.4. The molecule has 154 valence electrons. The van der Waals surface area contributed by atoms with Crippen molar-refractivity contribution >= 4 is 27.8 Å². The van der Waals surface area contributed by atoms with Crippen LogP contribution in [0.3, 0.4) is 0 Å². The maximum atomic E-state index is 10.8. The van der Waals surface area contributed by atoms with Gasteiger partial charge in [0, 0.05) is 23.2 Å². The van der Waals surface area contributed by atoms with Gasteiger partial charge in [-0.25, -0.2) is 15.0 Å². The van der Waals surface area contributed by atoms with E-state index in [0.29, 0.717) is 11.7 Å². The van der Waals surface area contributed by atoms with E-state index in [1.807, 2.05) is 30.6 Å². The van der Waals surface area contributed by atoms with Crippen LogP contribution in [-0.4, -0.2) is 30.7 Å². The summed E-state index contributed by atoms with van der Waals surface area (Å²) in [5, 5.41) is 12.9. The Labute approximate surface area is 175 Å². The summed E-state index contributed by atoms with van der Waals surface area (Å²) in [5.41, 5.74) is 10.5. The zero-order chi connectivity index (χ0) is 20.7. The third-order valence-corrected chi connectivity index (χ3v) is 6.56. The van der Waals surface area contributed by atoms with Crippen LogP contribution in [0.5, 0.6) is 0 Å². The zero-order valence-electron chi connectivity index (χ0n) is 17.2. The summed E-state index contributed by atoms with van der Waals surface area (Å²) in [7, 11) is 0. The van der Waals surface area contributed by atoms with Gasteiger partial charge in [0.05, 0.1) is 17.7 Å². The van der Waals surface area contributed by atoms with E-state index < -0.39 is 0 Å². The Morgan fingerprint density at radius 1 is 1.13 bits per heavy atom. The van der Waals surface area contributed by atoms with E-state index in [1.54, 1.807) is 6.33 Å². The van der Waals surface area contributed by atoms with Crippen molar-refractivity contribution in [1.29, 1.82) is 0 Å². The van der Waals surface area contributed by atoms with E-state index in [1.165, 1.54) is 11.1 Å². The average molecular weight is 402 g/mol. The Hall–Kier alpha value is -2.99. The summed E-state index contributed by atoms with van der Waals surface area (Å²) < 4.78 is 2.13. The number of anilines is 1. The number of nitrogen functional groups attached to an aromatic ring is 1. The van der Waals surface area contributed by atoms with Crippen LogP contribution in [0.15, 0.2) is 49.1 Å². The van der Waals surface area contributed by atoms with Gasteiger partial charge in [0.2, 0.25) is 0 Å². The van der Waals surface area contributed by atoms with Gasteiger partial charge in [-0.1, -0.05) is 6.92 Å². The number of benzene rings is 1. The predicted molar refractivity (Wildman–Crippen MR) is 119 cm³/mol. The number of pyridine rings is 1. The smallest absolute Gasteiger partial charge is 0.143 e. The first-order chi connectivity index (χ1) is 14.6. The number of aromatic nitrogens is 4. The molecule has 6 heteroatoms. The minimum Gasteiger partial charge on any atom is -0.391 e. The van der Waals surface area contributed by atoms with Crippen LogP contribution in [0, 0.1) is 5.92 Å². The molecule has 1 aliphatic rings. The highest BCUT2D eigenvalue weighted by Crippen LogP contribution is 2.39. The molecule has 6 nitrogen and oxygen atoms in total. The highest BCUT2D eigenvalue weighted by molar-refractivity contribution is 5.81. The van der Waals surface area contributed by atoms with Gasteiger partial charge in [0.25, 0.3) is 0 Å². The molecule has 0 saturated heterocycles. The lowest BCUT2D eigenvalue weighted by atomic mass is 9.93. The monoisotopic (exact) mass is 401 g/mol. The number of fused-ring (bicyclic) bond motifs is 2. The largest absolute Gasteiger partial charge is 0.391 e. The van der Waals surface area contributed by atoms with E-state index in [4.69, 9.17) is 5.73 Å². The number of rotatable bonds is 5. The summed E-state index contributed by atoms with van der Waals surface area (Å²) in [6.45, 7) is 2.20. The molecular weight excluding hydrogens is 374 g/mol. The maximum absolute atomic E-state index is 10.8. The second-order valence-corrected chi connectivity index (χ2v) is 8.44. The summed E-state index contributed by atoms with van der Waals surface area (Å²) in [4.78, 5) is 13.0. The summed E-state index contributed by atoms with van der Waals surface area (Å²) in [5.74, 6) is 1.04. The first kappa shape index (κ1) is 19.0. The van der Waals surface area contributed by atoms with Crippen molar-refractivity contribution in [3.63, 3.8) is 0 Å². The third-order valence-electron chi connectivity index (χ3n) is 6.56. The van der Waals surface area contributed by atoms with Gasteiger partial charge >= 0.3 is 0 Å². The molecule has 0 spiro atoms. The van der Waals surface area contributed by atoms with Crippen LogP contribution in [0.2, 0.25) is 0 Å². The Morgan fingerprint density at radius 2 is 2.03 bits per heavy atom. The Bertz CT molecular complexity index is 1200. The fourth-order valence-electron chi connectivity index (χ4n) is 4.99. The lowest BCUT2D eigenvalue weighted by molar-refractivity contribution is 0.136. The molecule has 1 saturated carbocycles. The highest BCUT2D eigenvalue weighted by atomic mass is 16.3. The molecule has 3 unspecified atom stereocenters. The molecule has 3 aromatic heterocycles. The van der Waals surface area contributed by atoms with Crippen LogP contribution in [0.4, 0.5) is 5.82 Å². The van der Waals surface area contributed by atoms with E-state index in [9.17, 15) is 5.11 Å². The quantitative estimate of drug-likeness (QED) is 0.526. The molecule has 0 bridgehead atoms. The highest BCUT2D eigenvalue weighted by Gasteiger charge is 2.34. The number of aliphatic hydroxyl groups is 1. The number of hydrogen-bond donors (Lipinski definition) is 2.